The Labute approximate surface area is 129 Å². The smallest absolute Gasteiger partial charge is 0.0594 e. The van der Waals surface area contributed by atoms with Crippen molar-refractivity contribution < 1.29 is 9.84 Å². The highest BCUT2D eigenvalue weighted by Gasteiger charge is 2.36. The van der Waals surface area contributed by atoms with Gasteiger partial charge in [-0.1, -0.05) is 25.7 Å². The number of aliphatic hydroxyl groups is 1. The summed E-state index contributed by atoms with van der Waals surface area (Å²) in [5.41, 5.74) is 0.191. The molecule has 1 unspecified atom stereocenters. The van der Waals surface area contributed by atoms with Crippen LogP contribution in [0.4, 0.5) is 0 Å². The third kappa shape index (κ3) is 3.98. The van der Waals surface area contributed by atoms with E-state index in [1.165, 1.54) is 58.0 Å². The lowest BCUT2D eigenvalue weighted by Gasteiger charge is -2.36. The molecular formula is C17H32N2O2. The zero-order chi connectivity index (χ0) is 14.5. The predicted molar refractivity (Wildman–Crippen MR) is 84.5 cm³/mol. The number of aliphatic hydroxyl groups excluding tert-OH is 1. The summed E-state index contributed by atoms with van der Waals surface area (Å²) in [4.78, 5) is 5.24. The van der Waals surface area contributed by atoms with Crippen LogP contribution in [0.1, 0.15) is 44.9 Å². The number of nitrogens with zero attached hydrogens (tertiary/aromatic N) is 2. The van der Waals surface area contributed by atoms with Crippen molar-refractivity contribution in [3.8, 4) is 0 Å². The summed E-state index contributed by atoms with van der Waals surface area (Å²) in [5.74, 6) is 0. The van der Waals surface area contributed by atoms with Gasteiger partial charge in [0.05, 0.1) is 13.2 Å². The standard InChI is InChI=1S/C17H32N2O2/c20-15-17(6-3-1-2-4-7-17)14-18-8-5-16(13-18)19-9-11-21-12-10-19/h16,20H,1-15H2. The molecule has 4 heteroatoms. The van der Waals surface area contributed by atoms with Gasteiger partial charge in [0.2, 0.25) is 0 Å². The van der Waals surface area contributed by atoms with Gasteiger partial charge < -0.3 is 14.7 Å². The fourth-order valence-corrected chi connectivity index (χ4v) is 4.52. The zero-order valence-corrected chi connectivity index (χ0v) is 13.4. The lowest BCUT2D eigenvalue weighted by molar-refractivity contribution is 0.0157. The first-order valence-corrected chi connectivity index (χ1v) is 8.96. The molecule has 4 nitrogen and oxygen atoms in total. The average molecular weight is 296 g/mol. The van der Waals surface area contributed by atoms with Gasteiger partial charge in [0.1, 0.15) is 0 Å². The van der Waals surface area contributed by atoms with Gasteiger partial charge in [-0.05, 0) is 25.8 Å². The number of morpholine rings is 1. The van der Waals surface area contributed by atoms with E-state index in [4.69, 9.17) is 4.74 Å². The highest BCUT2D eigenvalue weighted by atomic mass is 16.5. The molecule has 0 amide bonds. The van der Waals surface area contributed by atoms with Crippen LogP contribution in [0.3, 0.4) is 0 Å². The summed E-state index contributed by atoms with van der Waals surface area (Å²) in [5, 5.41) is 9.99. The monoisotopic (exact) mass is 296 g/mol. The summed E-state index contributed by atoms with van der Waals surface area (Å²) in [6.07, 6.45) is 9.07. The molecule has 0 radical (unpaired) electrons. The number of likely N-dealkylation sites (tertiary alicyclic amines) is 1. The van der Waals surface area contributed by atoms with Gasteiger partial charge >= 0.3 is 0 Å². The van der Waals surface area contributed by atoms with Gasteiger partial charge in [-0.2, -0.15) is 0 Å². The molecule has 1 saturated carbocycles. The van der Waals surface area contributed by atoms with E-state index in [-0.39, 0.29) is 5.41 Å². The van der Waals surface area contributed by atoms with Gasteiger partial charge in [-0.3, -0.25) is 4.90 Å². The molecule has 122 valence electrons. The first kappa shape index (κ1) is 15.7. The van der Waals surface area contributed by atoms with Crippen molar-refractivity contribution in [1.82, 2.24) is 9.80 Å². The normalized spacial score (nSPS) is 32.1. The summed E-state index contributed by atoms with van der Waals surface area (Å²) < 4.78 is 5.47. The second kappa shape index (κ2) is 7.40. The van der Waals surface area contributed by atoms with E-state index in [1.807, 2.05) is 0 Å². The number of rotatable bonds is 4. The van der Waals surface area contributed by atoms with Crippen molar-refractivity contribution in [1.29, 1.82) is 0 Å². The minimum absolute atomic E-state index is 0.191. The molecule has 0 aromatic heterocycles. The molecule has 1 atom stereocenters. The maximum Gasteiger partial charge on any atom is 0.0594 e. The Bertz CT molecular complexity index is 310. The van der Waals surface area contributed by atoms with Crippen molar-refractivity contribution >= 4 is 0 Å². The minimum Gasteiger partial charge on any atom is -0.396 e. The second-order valence-corrected chi connectivity index (χ2v) is 7.40. The lowest BCUT2D eigenvalue weighted by atomic mass is 9.80. The third-order valence-electron chi connectivity index (χ3n) is 5.87. The SMILES string of the molecule is OCC1(CN2CCC(N3CCOCC3)C2)CCCCCC1. The molecule has 3 fully saturated rings. The summed E-state index contributed by atoms with van der Waals surface area (Å²) >= 11 is 0. The van der Waals surface area contributed by atoms with Crippen molar-refractivity contribution in [3.05, 3.63) is 0 Å². The molecule has 2 heterocycles. The Hall–Kier alpha value is -0.160. The van der Waals surface area contributed by atoms with E-state index in [0.29, 0.717) is 6.61 Å². The van der Waals surface area contributed by atoms with Crippen molar-refractivity contribution in [2.75, 3.05) is 52.5 Å². The summed E-state index contributed by atoms with van der Waals surface area (Å²) in [6.45, 7) is 7.91. The molecule has 1 N–H and O–H groups in total. The van der Waals surface area contributed by atoms with E-state index >= 15 is 0 Å². The van der Waals surface area contributed by atoms with Gasteiger partial charge in [0, 0.05) is 44.2 Å². The molecule has 3 aliphatic rings. The summed E-state index contributed by atoms with van der Waals surface area (Å²) in [7, 11) is 0. The topological polar surface area (TPSA) is 35.9 Å². The summed E-state index contributed by atoms with van der Waals surface area (Å²) in [6, 6.07) is 0.718. The Morgan fingerprint density at radius 1 is 1.00 bits per heavy atom. The Morgan fingerprint density at radius 2 is 1.71 bits per heavy atom. The van der Waals surface area contributed by atoms with Crippen LogP contribution in [-0.2, 0) is 4.74 Å². The molecule has 0 aromatic carbocycles. The van der Waals surface area contributed by atoms with E-state index in [0.717, 1.165) is 38.9 Å². The Kier molecular flexibility index (Phi) is 5.54. The van der Waals surface area contributed by atoms with Crippen molar-refractivity contribution in [2.45, 2.75) is 51.0 Å². The predicted octanol–water partition coefficient (Wildman–Crippen LogP) is 1.73. The van der Waals surface area contributed by atoms with Crippen LogP contribution in [0.15, 0.2) is 0 Å². The van der Waals surface area contributed by atoms with Gasteiger partial charge in [-0.15, -0.1) is 0 Å². The van der Waals surface area contributed by atoms with Crippen LogP contribution in [0, 0.1) is 5.41 Å². The molecule has 0 spiro atoms. The number of ether oxygens (including phenoxy) is 1. The Morgan fingerprint density at radius 3 is 2.38 bits per heavy atom. The van der Waals surface area contributed by atoms with Gasteiger partial charge in [0.25, 0.3) is 0 Å². The highest BCUT2D eigenvalue weighted by Crippen LogP contribution is 2.36. The fourth-order valence-electron chi connectivity index (χ4n) is 4.52. The molecule has 21 heavy (non-hydrogen) atoms. The molecule has 3 rings (SSSR count). The molecule has 1 aliphatic carbocycles. The maximum atomic E-state index is 9.99. The van der Waals surface area contributed by atoms with Crippen molar-refractivity contribution in [2.24, 2.45) is 5.41 Å². The van der Waals surface area contributed by atoms with Crippen LogP contribution in [0.25, 0.3) is 0 Å². The molecule has 2 saturated heterocycles. The minimum atomic E-state index is 0.191. The van der Waals surface area contributed by atoms with Gasteiger partial charge in [-0.25, -0.2) is 0 Å². The van der Waals surface area contributed by atoms with E-state index in [9.17, 15) is 5.11 Å². The van der Waals surface area contributed by atoms with Gasteiger partial charge in [0.15, 0.2) is 0 Å². The van der Waals surface area contributed by atoms with Crippen LogP contribution in [0.2, 0.25) is 0 Å². The largest absolute Gasteiger partial charge is 0.396 e. The van der Waals surface area contributed by atoms with E-state index in [1.54, 1.807) is 0 Å². The van der Waals surface area contributed by atoms with Crippen LogP contribution < -0.4 is 0 Å². The Balaban J connectivity index is 1.52. The first-order chi connectivity index (χ1) is 10.3. The average Bonchev–Trinajstić information content (AvgIpc) is 2.86. The molecule has 0 aromatic rings. The maximum absolute atomic E-state index is 9.99. The van der Waals surface area contributed by atoms with Crippen LogP contribution >= 0.6 is 0 Å². The van der Waals surface area contributed by atoms with Crippen LogP contribution in [0.5, 0.6) is 0 Å². The third-order valence-corrected chi connectivity index (χ3v) is 5.87. The molecule has 2 aliphatic heterocycles. The van der Waals surface area contributed by atoms with E-state index in [2.05, 4.69) is 9.80 Å². The molecule has 0 bridgehead atoms. The first-order valence-electron chi connectivity index (χ1n) is 8.96. The number of hydrogen-bond donors (Lipinski definition) is 1. The number of hydrogen-bond acceptors (Lipinski definition) is 4. The van der Waals surface area contributed by atoms with E-state index < -0.39 is 0 Å². The highest BCUT2D eigenvalue weighted by molar-refractivity contribution is 4.90. The second-order valence-electron chi connectivity index (χ2n) is 7.40. The molecular weight excluding hydrogens is 264 g/mol. The van der Waals surface area contributed by atoms with Crippen LogP contribution in [-0.4, -0.2) is 73.5 Å². The quantitative estimate of drug-likeness (QED) is 0.802. The lowest BCUT2D eigenvalue weighted by Crippen LogP contribution is -2.46. The zero-order valence-electron chi connectivity index (χ0n) is 13.4. The fraction of sp³-hybridized carbons (Fsp3) is 1.00. The van der Waals surface area contributed by atoms with Crippen molar-refractivity contribution in [3.63, 3.8) is 0 Å².